The van der Waals surface area contributed by atoms with Crippen LogP contribution in [-0.2, 0) is 16.0 Å². The van der Waals surface area contributed by atoms with Crippen LogP contribution in [0.15, 0.2) is 24.3 Å². The molecule has 0 aromatic heterocycles. The van der Waals surface area contributed by atoms with Gasteiger partial charge in [0.15, 0.2) is 0 Å². The van der Waals surface area contributed by atoms with Gasteiger partial charge in [-0.1, -0.05) is 19.1 Å². The summed E-state index contributed by atoms with van der Waals surface area (Å²) in [5.41, 5.74) is 1.15. The first-order chi connectivity index (χ1) is 11.0. The topological polar surface area (TPSA) is 58.6 Å². The molecule has 23 heavy (non-hydrogen) atoms. The second-order valence-corrected chi connectivity index (χ2v) is 5.67. The largest absolute Gasteiger partial charge is 0.497 e. The predicted octanol–water partition coefficient (Wildman–Crippen LogP) is 2.39. The highest BCUT2D eigenvalue weighted by Crippen LogP contribution is 2.11. The van der Waals surface area contributed by atoms with Gasteiger partial charge in [-0.2, -0.15) is 0 Å². The summed E-state index contributed by atoms with van der Waals surface area (Å²) in [4.78, 5) is 25.2. The number of hydrogen-bond acceptors (Lipinski definition) is 3. The highest BCUT2D eigenvalue weighted by molar-refractivity contribution is 5.78. The number of ether oxygens (including phenoxy) is 1. The van der Waals surface area contributed by atoms with Crippen molar-refractivity contribution in [2.45, 2.75) is 46.1 Å². The normalized spacial score (nSPS) is 11.7. The van der Waals surface area contributed by atoms with E-state index in [0.29, 0.717) is 19.5 Å². The van der Waals surface area contributed by atoms with E-state index in [1.54, 1.807) is 18.9 Å². The number of benzene rings is 1. The van der Waals surface area contributed by atoms with Gasteiger partial charge in [0, 0.05) is 32.5 Å². The SMILES string of the molecule is CCC(C)N(CCC(=O)NCCc1ccc(OC)cc1)C(C)=O. The molecule has 1 aromatic carbocycles. The first-order valence-electron chi connectivity index (χ1n) is 8.14. The van der Waals surface area contributed by atoms with Crippen molar-refractivity contribution in [1.29, 1.82) is 0 Å². The van der Waals surface area contributed by atoms with Gasteiger partial charge in [0.05, 0.1) is 7.11 Å². The molecule has 1 N–H and O–H groups in total. The second-order valence-electron chi connectivity index (χ2n) is 5.67. The molecule has 2 amide bonds. The Kier molecular flexibility index (Phi) is 8.16. The summed E-state index contributed by atoms with van der Waals surface area (Å²) in [6.07, 6.45) is 2.00. The number of hydrogen-bond donors (Lipinski definition) is 1. The van der Waals surface area contributed by atoms with Crippen LogP contribution < -0.4 is 10.1 Å². The third kappa shape index (κ3) is 6.72. The molecule has 0 aliphatic rings. The van der Waals surface area contributed by atoms with Gasteiger partial charge in [0.1, 0.15) is 5.75 Å². The van der Waals surface area contributed by atoms with Crippen LogP contribution in [0.2, 0.25) is 0 Å². The van der Waals surface area contributed by atoms with Crippen molar-refractivity contribution < 1.29 is 14.3 Å². The molecule has 0 heterocycles. The minimum Gasteiger partial charge on any atom is -0.497 e. The summed E-state index contributed by atoms with van der Waals surface area (Å²) in [5.74, 6) is 0.825. The van der Waals surface area contributed by atoms with Crippen LogP contribution in [0.1, 0.15) is 39.2 Å². The quantitative estimate of drug-likeness (QED) is 0.760. The van der Waals surface area contributed by atoms with Crippen molar-refractivity contribution in [2.75, 3.05) is 20.2 Å². The summed E-state index contributed by atoms with van der Waals surface area (Å²) in [6, 6.07) is 7.97. The van der Waals surface area contributed by atoms with E-state index >= 15 is 0 Å². The highest BCUT2D eigenvalue weighted by Gasteiger charge is 2.16. The number of nitrogens with one attached hydrogen (secondary N) is 1. The highest BCUT2D eigenvalue weighted by atomic mass is 16.5. The van der Waals surface area contributed by atoms with Gasteiger partial charge in [-0.05, 0) is 37.5 Å². The summed E-state index contributed by atoms with van der Waals surface area (Å²) in [7, 11) is 1.64. The molecule has 0 bridgehead atoms. The molecule has 0 aliphatic heterocycles. The molecular weight excluding hydrogens is 292 g/mol. The number of carbonyl (C=O) groups excluding carboxylic acids is 2. The molecule has 1 rings (SSSR count). The van der Waals surface area contributed by atoms with Crippen molar-refractivity contribution in [3.05, 3.63) is 29.8 Å². The maximum absolute atomic E-state index is 11.9. The van der Waals surface area contributed by atoms with Crippen molar-refractivity contribution in [3.8, 4) is 5.75 Å². The van der Waals surface area contributed by atoms with E-state index in [4.69, 9.17) is 4.74 Å². The molecule has 1 atom stereocenters. The van der Waals surface area contributed by atoms with Crippen molar-refractivity contribution in [2.24, 2.45) is 0 Å². The number of carbonyl (C=O) groups is 2. The monoisotopic (exact) mass is 320 g/mol. The van der Waals surface area contributed by atoms with E-state index in [1.165, 1.54) is 0 Å². The zero-order valence-electron chi connectivity index (χ0n) is 14.6. The van der Waals surface area contributed by atoms with Crippen LogP contribution in [0.25, 0.3) is 0 Å². The van der Waals surface area contributed by atoms with E-state index in [-0.39, 0.29) is 17.9 Å². The van der Waals surface area contributed by atoms with E-state index in [0.717, 1.165) is 24.2 Å². The fourth-order valence-corrected chi connectivity index (χ4v) is 2.36. The Morgan fingerprint density at radius 1 is 1.26 bits per heavy atom. The fourth-order valence-electron chi connectivity index (χ4n) is 2.36. The molecule has 1 aromatic rings. The van der Waals surface area contributed by atoms with Crippen LogP contribution in [-0.4, -0.2) is 43.0 Å². The lowest BCUT2D eigenvalue weighted by atomic mass is 10.1. The van der Waals surface area contributed by atoms with Gasteiger partial charge in [-0.25, -0.2) is 0 Å². The number of amides is 2. The van der Waals surface area contributed by atoms with E-state index < -0.39 is 0 Å². The molecule has 0 saturated heterocycles. The predicted molar refractivity (Wildman–Crippen MR) is 91.5 cm³/mol. The van der Waals surface area contributed by atoms with Crippen LogP contribution in [0.5, 0.6) is 5.75 Å². The zero-order chi connectivity index (χ0) is 17.2. The summed E-state index contributed by atoms with van der Waals surface area (Å²) < 4.78 is 5.11. The molecule has 0 spiro atoms. The fraction of sp³-hybridized carbons (Fsp3) is 0.556. The molecule has 0 fully saturated rings. The lowest BCUT2D eigenvalue weighted by molar-refractivity contribution is -0.131. The van der Waals surface area contributed by atoms with Gasteiger partial charge in [-0.15, -0.1) is 0 Å². The standard InChI is InChI=1S/C18H28N2O3/c1-5-14(2)20(15(3)21)13-11-18(22)19-12-10-16-6-8-17(23-4)9-7-16/h6-9,14H,5,10-13H2,1-4H3,(H,19,22). The number of methoxy groups -OCH3 is 1. The minimum atomic E-state index is -0.0203. The van der Waals surface area contributed by atoms with Crippen LogP contribution in [0, 0.1) is 0 Å². The molecule has 5 nitrogen and oxygen atoms in total. The Morgan fingerprint density at radius 3 is 2.43 bits per heavy atom. The van der Waals surface area contributed by atoms with Gasteiger partial charge >= 0.3 is 0 Å². The van der Waals surface area contributed by atoms with E-state index in [9.17, 15) is 9.59 Å². The maximum Gasteiger partial charge on any atom is 0.221 e. The van der Waals surface area contributed by atoms with Crippen molar-refractivity contribution in [1.82, 2.24) is 10.2 Å². The van der Waals surface area contributed by atoms with Crippen LogP contribution in [0.4, 0.5) is 0 Å². The summed E-state index contributed by atoms with van der Waals surface area (Å²) >= 11 is 0. The first-order valence-corrected chi connectivity index (χ1v) is 8.14. The first kappa shape index (κ1) is 19.0. The number of rotatable bonds is 9. The van der Waals surface area contributed by atoms with Crippen LogP contribution >= 0.6 is 0 Å². The lowest BCUT2D eigenvalue weighted by Crippen LogP contribution is -2.39. The molecule has 0 saturated carbocycles. The smallest absolute Gasteiger partial charge is 0.221 e. The molecule has 0 aliphatic carbocycles. The average molecular weight is 320 g/mol. The Balaban J connectivity index is 2.31. The Hall–Kier alpha value is -2.04. The summed E-state index contributed by atoms with van der Waals surface area (Å²) in [6.45, 7) is 6.65. The number of nitrogens with zero attached hydrogens (tertiary/aromatic N) is 1. The Morgan fingerprint density at radius 2 is 1.91 bits per heavy atom. The third-order valence-corrected chi connectivity index (χ3v) is 4.00. The second kappa shape index (κ2) is 9.87. The zero-order valence-corrected chi connectivity index (χ0v) is 14.6. The Bertz CT molecular complexity index is 499. The Labute approximate surface area is 139 Å². The molecular formula is C18H28N2O3. The summed E-state index contributed by atoms with van der Waals surface area (Å²) in [5, 5.41) is 2.90. The molecule has 128 valence electrons. The van der Waals surface area contributed by atoms with E-state index in [1.807, 2.05) is 38.1 Å². The minimum absolute atomic E-state index is 0.0189. The third-order valence-electron chi connectivity index (χ3n) is 4.00. The average Bonchev–Trinajstić information content (AvgIpc) is 2.55. The maximum atomic E-state index is 11.9. The van der Waals surface area contributed by atoms with Gasteiger partial charge in [0.2, 0.25) is 11.8 Å². The van der Waals surface area contributed by atoms with E-state index in [2.05, 4.69) is 5.32 Å². The van der Waals surface area contributed by atoms with Crippen molar-refractivity contribution in [3.63, 3.8) is 0 Å². The molecule has 5 heteroatoms. The van der Waals surface area contributed by atoms with Crippen molar-refractivity contribution >= 4 is 11.8 Å². The molecule has 0 radical (unpaired) electrons. The lowest BCUT2D eigenvalue weighted by Gasteiger charge is -2.27. The van der Waals surface area contributed by atoms with Gasteiger partial charge < -0.3 is 15.0 Å². The van der Waals surface area contributed by atoms with Gasteiger partial charge in [0.25, 0.3) is 0 Å². The van der Waals surface area contributed by atoms with Crippen LogP contribution in [0.3, 0.4) is 0 Å². The molecule has 1 unspecified atom stereocenters. The van der Waals surface area contributed by atoms with Gasteiger partial charge in [-0.3, -0.25) is 9.59 Å².